The molecule has 1 aliphatic rings. The van der Waals surface area contributed by atoms with Crippen LogP contribution < -0.4 is 0 Å². The van der Waals surface area contributed by atoms with Crippen LogP contribution in [0.5, 0.6) is 0 Å². The molecule has 0 radical (unpaired) electrons. The van der Waals surface area contributed by atoms with Gasteiger partial charge in [0.1, 0.15) is 0 Å². The summed E-state index contributed by atoms with van der Waals surface area (Å²) < 4.78 is 5.70. The Hall–Kier alpha value is -0.0800. The topological polar surface area (TPSA) is 29.5 Å². The van der Waals surface area contributed by atoms with Crippen LogP contribution in [0.2, 0.25) is 0 Å². The second-order valence-corrected chi connectivity index (χ2v) is 3.75. The van der Waals surface area contributed by atoms with Gasteiger partial charge in [-0.3, -0.25) is 0 Å². The lowest BCUT2D eigenvalue weighted by Gasteiger charge is -2.29. The van der Waals surface area contributed by atoms with Crippen LogP contribution in [0, 0.1) is 0 Å². The van der Waals surface area contributed by atoms with Gasteiger partial charge in [-0.2, -0.15) is 0 Å². The van der Waals surface area contributed by atoms with Crippen LogP contribution in [0.1, 0.15) is 46.0 Å². The highest BCUT2D eigenvalue weighted by atomic mass is 16.5. The molecule has 0 heterocycles. The molecule has 1 fully saturated rings. The first-order chi connectivity index (χ1) is 5.74. The first-order valence-corrected chi connectivity index (χ1v) is 5.07. The number of aliphatic hydroxyl groups is 1. The van der Waals surface area contributed by atoms with E-state index in [1.54, 1.807) is 0 Å². The highest BCUT2D eigenvalue weighted by molar-refractivity contribution is 4.75. The second-order valence-electron chi connectivity index (χ2n) is 3.75. The summed E-state index contributed by atoms with van der Waals surface area (Å²) in [5, 5.41) is 9.59. The van der Waals surface area contributed by atoms with Gasteiger partial charge in [0.15, 0.2) is 0 Å². The lowest BCUT2D eigenvalue weighted by molar-refractivity contribution is -0.0889. The van der Waals surface area contributed by atoms with Crippen LogP contribution in [0.4, 0.5) is 0 Å². The summed E-state index contributed by atoms with van der Waals surface area (Å²) in [5.41, 5.74) is 0. The van der Waals surface area contributed by atoms with Gasteiger partial charge in [-0.1, -0.05) is 19.8 Å². The molecule has 3 unspecified atom stereocenters. The van der Waals surface area contributed by atoms with Crippen molar-refractivity contribution < 1.29 is 9.84 Å². The Morgan fingerprint density at radius 1 is 1.42 bits per heavy atom. The van der Waals surface area contributed by atoms with Crippen molar-refractivity contribution in [2.75, 3.05) is 0 Å². The minimum Gasteiger partial charge on any atom is -0.390 e. The molecule has 1 saturated carbocycles. The highest BCUT2D eigenvalue weighted by Crippen LogP contribution is 2.22. The Bertz CT molecular complexity index is 125. The molecule has 12 heavy (non-hydrogen) atoms. The molecule has 0 amide bonds. The molecule has 0 aliphatic heterocycles. The average molecular weight is 172 g/mol. The molecule has 1 aliphatic carbocycles. The number of ether oxygens (including phenoxy) is 1. The third-order valence-electron chi connectivity index (χ3n) is 2.65. The fraction of sp³-hybridized carbons (Fsp3) is 1.00. The number of hydrogen-bond acceptors (Lipinski definition) is 2. The maximum atomic E-state index is 9.59. The molecule has 0 bridgehead atoms. The van der Waals surface area contributed by atoms with Crippen molar-refractivity contribution >= 4 is 0 Å². The van der Waals surface area contributed by atoms with Crippen LogP contribution in [0.15, 0.2) is 0 Å². The summed E-state index contributed by atoms with van der Waals surface area (Å²) in [4.78, 5) is 0. The maximum absolute atomic E-state index is 9.59. The fourth-order valence-corrected chi connectivity index (χ4v) is 1.63. The van der Waals surface area contributed by atoms with Gasteiger partial charge in [-0.25, -0.2) is 0 Å². The smallest absolute Gasteiger partial charge is 0.0837 e. The van der Waals surface area contributed by atoms with Crippen molar-refractivity contribution in [2.45, 2.75) is 64.3 Å². The lowest BCUT2D eigenvalue weighted by Crippen LogP contribution is -2.34. The lowest BCUT2D eigenvalue weighted by atomic mass is 9.94. The SMILES string of the molecule is CCC(C)OC1CCCCC1O. The van der Waals surface area contributed by atoms with E-state index in [1.165, 1.54) is 6.42 Å². The van der Waals surface area contributed by atoms with Gasteiger partial charge in [0.2, 0.25) is 0 Å². The van der Waals surface area contributed by atoms with E-state index in [0.717, 1.165) is 25.7 Å². The Balaban J connectivity index is 2.28. The third kappa shape index (κ3) is 2.76. The van der Waals surface area contributed by atoms with Gasteiger partial charge in [-0.15, -0.1) is 0 Å². The standard InChI is InChI=1S/C10H20O2/c1-3-8(2)12-10-7-5-4-6-9(10)11/h8-11H,3-7H2,1-2H3. The van der Waals surface area contributed by atoms with Gasteiger partial charge < -0.3 is 9.84 Å². The Morgan fingerprint density at radius 2 is 2.08 bits per heavy atom. The van der Waals surface area contributed by atoms with E-state index in [9.17, 15) is 5.11 Å². The normalized spacial score (nSPS) is 33.2. The summed E-state index contributed by atoms with van der Waals surface area (Å²) in [7, 11) is 0. The van der Waals surface area contributed by atoms with Crippen molar-refractivity contribution in [1.82, 2.24) is 0 Å². The third-order valence-corrected chi connectivity index (χ3v) is 2.65. The number of hydrogen-bond donors (Lipinski definition) is 1. The van der Waals surface area contributed by atoms with Gasteiger partial charge in [-0.05, 0) is 26.2 Å². The van der Waals surface area contributed by atoms with Crippen LogP contribution in [-0.4, -0.2) is 23.4 Å². The second kappa shape index (κ2) is 4.83. The zero-order valence-electron chi connectivity index (χ0n) is 8.12. The molecule has 0 saturated heterocycles. The van der Waals surface area contributed by atoms with E-state index in [1.807, 2.05) is 0 Å². The predicted octanol–water partition coefficient (Wildman–Crippen LogP) is 2.11. The molecule has 0 spiro atoms. The molecule has 0 aromatic carbocycles. The van der Waals surface area contributed by atoms with Crippen LogP contribution in [-0.2, 0) is 4.74 Å². The summed E-state index contributed by atoms with van der Waals surface area (Å²) in [5.74, 6) is 0. The molecule has 2 nitrogen and oxygen atoms in total. The van der Waals surface area contributed by atoms with E-state index in [-0.39, 0.29) is 12.2 Å². The van der Waals surface area contributed by atoms with Crippen molar-refractivity contribution in [3.63, 3.8) is 0 Å². The van der Waals surface area contributed by atoms with Gasteiger partial charge in [0, 0.05) is 0 Å². The molecule has 0 aromatic heterocycles. The Labute approximate surface area is 74.9 Å². The van der Waals surface area contributed by atoms with Crippen molar-refractivity contribution in [1.29, 1.82) is 0 Å². The van der Waals surface area contributed by atoms with E-state index >= 15 is 0 Å². The van der Waals surface area contributed by atoms with Crippen molar-refractivity contribution in [3.8, 4) is 0 Å². The van der Waals surface area contributed by atoms with E-state index in [4.69, 9.17) is 4.74 Å². The Kier molecular flexibility index (Phi) is 4.02. The molecule has 0 aromatic rings. The van der Waals surface area contributed by atoms with Gasteiger partial charge >= 0.3 is 0 Å². The monoisotopic (exact) mass is 172 g/mol. The molecular weight excluding hydrogens is 152 g/mol. The highest BCUT2D eigenvalue weighted by Gasteiger charge is 2.24. The largest absolute Gasteiger partial charge is 0.390 e. The fourth-order valence-electron chi connectivity index (χ4n) is 1.63. The Morgan fingerprint density at radius 3 is 2.67 bits per heavy atom. The molecule has 2 heteroatoms. The zero-order chi connectivity index (χ0) is 8.97. The van der Waals surface area contributed by atoms with E-state index < -0.39 is 0 Å². The average Bonchev–Trinajstić information content (AvgIpc) is 2.09. The number of rotatable bonds is 3. The number of aliphatic hydroxyl groups excluding tert-OH is 1. The molecule has 3 atom stereocenters. The van der Waals surface area contributed by atoms with Gasteiger partial charge in [0.25, 0.3) is 0 Å². The van der Waals surface area contributed by atoms with Crippen LogP contribution in [0.25, 0.3) is 0 Å². The molecule has 1 rings (SSSR count). The summed E-state index contributed by atoms with van der Waals surface area (Å²) in [6.45, 7) is 4.18. The first-order valence-electron chi connectivity index (χ1n) is 5.07. The first kappa shape index (κ1) is 10.0. The van der Waals surface area contributed by atoms with Crippen LogP contribution >= 0.6 is 0 Å². The quantitative estimate of drug-likeness (QED) is 0.706. The van der Waals surface area contributed by atoms with Gasteiger partial charge in [0.05, 0.1) is 18.3 Å². The van der Waals surface area contributed by atoms with Crippen LogP contribution in [0.3, 0.4) is 0 Å². The summed E-state index contributed by atoms with van der Waals surface area (Å²) >= 11 is 0. The maximum Gasteiger partial charge on any atom is 0.0837 e. The predicted molar refractivity (Wildman–Crippen MR) is 49.1 cm³/mol. The molecule has 1 N–H and O–H groups in total. The van der Waals surface area contributed by atoms with E-state index in [2.05, 4.69) is 13.8 Å². The van der Waals surface area contributed by atoms with Crippen molar-refractivity contribution in [2.24, 2.45) is 0 Å². The minimum atomic E-state index is -0.215. The summed E-state index contributed by atoms with van der Waals surface area (Å²) in [6.07, 6.45) is 5.53. The van der Waals surface area contributed by atoms with E-state index in [0.29, 0.717) is 6.10 Å². The van der Waals surface area contributed by atoms with Crippen molar-refractivity contribution in [3.05, 3.63) is 0 Å². The molecular formula is C10H20O2. The minimum absolute atomic E-state index is 0.105. The summed E-state index contributed by atoms with van der Waals surface area (Å²) in [6, 6.07) is 0. The zero-order valence-corrected chi connectivity index (χ0v) is 8.12. The molecule has 72 valence electrons.